The highest BCUT2D eigenvalue weighted by Crippen LogP contribution is 2.34. The molecule has 1 aromatic carbocycles. The van der Waals surface area contributed by atoms with Crippen molar-refractivity contribution in [3.05, 3.63) is 41.7 Å². The molecular formula is C15H18N4O. The molecule has 0 spiro atoms. The lowest BCUT2D eigenvalue weighted by Crippen LogP contribution is -2.09. The highest BCUT2D eigenvalue weighted by Gasteiger charge is 2.22. The predicted molar refractivity (Wildman–Crippen MR) is 78.7 cm³/mol. The Bertz CT molecular complexity index is 615. The number of hydrogen-bond donors (Lipinski definition) is 2. The third-order valence-electron chi connectivity index (χ3n) is 3.47. The third kappa shape index (κ3) is 2.52. The molecule has 1 aliphatic carbocycles. The topological polar surface area (TPSA) is 73.1 Å². The number of nitrogens with one attached hydrogen (secondary N) is 1. The standard InChI is InChI=1S/C15H18N4O/c1-2-20-15-9-17-8-14(19-15)18-13-6-3-10-7-11(16)4-5-12(10)13/h4-5,7-9,13H,2-3,6,16H2,1H3,(H,18,19). The Labute approximate surface area is 118 Å². The first kappa shape index (κ1) is 12.7. The molecule has 5 heteroatoms. The quantitative estimate of drug-likeness (QED) is 0.835. The van der Waals surface area contributed by atoms with Crippen molar-refractivity contribution in [2.75, 3.05) is 17.7 Å². The first-order chi connectivity index (χ1) is 9.76. The number of hydrogen-bond acceptors (Lipinski definition) is 5. The molecule has 0 saturated heterocycles. The fourth-order valence-corrected chi connectivity index (χ4v) is 2.60. The zero-order valence-electron chi connectivity index (χ0n) is 11.5. The minimum atomic E-state index is 0.261. The molecule has 3 rings (SSSR count). The molecular weight excluding hydrogens is 252 g/mol. The van der Waals surface area contributed by atoms with Gasteiger partial charge in [0.05, 0.1) is 25.0 Å². The van der Waals surface area contributed by atoms with Crippen LogP contribution in [0.25, 0.3) is 0 Å². The van der Waals surface area contributed by atoms with Crippen LogP contribution in [0.2, 0.25) is 0 Å². The van der Waals surface area contributed by atoms with Crippen LogP contribution in [0.3, 0.4) is 0 Å². The molecule has 3 N–H and O–H groups in total. The molecule has 5 nitrogen and oxygen atoms in total. The Morgan fingerprint density at radius 1 is 1.40 bits per heavy atom. The minimum absolute atomic E-state index is 0.261. The molecule has 1 heterocycles. The average molecular weight is 270 g/mol. The second-order valence-electron chi connectivity index (χ2n) is 4.87. The maximum atomic E-state index is 5.82. The summed E-state index contributed by atoms with van der Waals surface area (Å²) >= 11 is 0. The summed E-state index contributed by atoms with van der Waals surface area (Å²) in [7, 11) is 0. The van der Waals surface area contributed by atoms with Crippen molar-refractivity contribution >= 4 is 11.5 Å². The Hall–Kier alpha value is -2.30. The van der Waals surface area contributed by atoms with Gasteiger partial charge in [0.1, 0.15) is 5.82 Å². The molecule has 1 atom stereocenters. The summed E-state index contributed by atoms with van der Waals surface area (Å²) in [6, 6.07) is 6.35. The summed E-state index contributed by atoms with van der Waals surface area (Å²) in [5.74, 6) is 1.29. The Kier molecular flexibility index (Phi) is 3.41. The number of nitrogen functional groups attached to an aromatic ring is 1. The van der Waals surface area contributed by atoms with Gasteiger partial charge in [0, 0.05) is 5.69 Å². The number of rotatable bonds is 4. The van der Waals surface area contributed by atoms with Gasteiger partial charge in [-0.1, -0.05) is 6.07 Å². The summed E-state index contributed by atoms with van der Waals surface area (Å²) in [5, 5.41) is 3.42. The summed E-state index contributed by atoms with van der Waals surface area (Å²) in [6.07, 6.45) is 5.42. The van der Waals surface area contributed by atoms with E-state index in [2.05, 4.69) is 27.4 Å². The van der Waals surface area contributed by atoms with Crippen LogP contribution in [-0.2, 0) is 6.42 Å². The second-order valence-corrected chi connectivity index (χ2v) is 4.87. The fourth-order valence-electron chi connectivity index (χ4n) is 2.60. The van der Waals surface area contributed by atoms with Gasteiger partial charge in [-0.05, 0) is 43.0 Å². The summed E-state index contributed by atoms with van der Waals surface area (Å²) in [4.78, 5) is 8.54. The van der Waals surface area contributed by atoms with E-state index in [9.17, 15) is 0 Å². The fraction of sp³-hybridized carbons (Fsp3) is 0.333. The number of fused-ring (bicyclic) bond motifs is 1. The first-order valence-corrected chi connectivity index (χ1v) is 6.86. The van der Waals surface area contributed by atoms with Crippen LogP contribution in [-0.4, -0.2) is 16.6 Å². The molecule has 2 aromatic rings. The smallest absolute Gasteiger partial charge is 0.234 e. The number of aryl methyl sites for hydroxylation is 1. The number of ether oxygens (including phenoxy) is 1. The molecule has 0 amide bonds. The lowest BCUT2D eigenvalue weighted by molar-refractivity contribution is 0.325. The molecule has 0 aliphatic heterocycles. The number of nitrogens with zero attached hydrogens (tertiary/aromatic N) is 2. The van der Waals surface area contributed by atoms with Gasteiger partial charge in [0.2, 0.25) is 5.88 Å². The van der Waals surface area contributed by atoms with E-state index in [0.717, 1.165) is 24.3 Å². The van der Waals surface area contributed by atoms with E-state index in [0.29, 0.717) is 12.5 Å². The lowest BCUT2D eigenvalue weighted by Gasteiger charge is -2.15. The summed E-state index contributed by atoms with van der Waals surface area (Å²) in [6.45, 7) is 2.52. The molecule has 0 saturated carbocycles. The molecule has 0 bridgehead atoms. The Morgan fingerprint density at radius 2 is 2.30 bits per heavy atom. The van der Waals surface area contributed by atoms with E-state index >= 15 is 0 Å². The van der Waals surface area contributed by atoms with Crippen LogP contribution >= 0.6 is 0 Å². The third-order valence-corrected chi connectivity index (χ3v) is 3.47. The van der Waals surface area contributed by atoms with Crippen molar-refractivity contribution in [3.8, 4) is 5.88 Å². The van der Waals surface area contributed by atoms with Gasteiger partial charge < -0.3 is 15.8 Å². The van der Waals surface area contributed by atoms with Crippen LogP contribution in [0, 0.1) is 0 Å². The van der Waals surface area contributed by atoms with Crippen molar-refractivity contribution in [1.29, 1.82) is 0 Å². The van der Waals surface area contributed by atoms with Crippen LogP contribution in [0.15, 0.2) is 30.6 Å². The number of aromatic nitrogens is 2. The molecule has 104 valence electrons. The monoisotopic (exact) mass is 270 g/mol. The van der Waals surface area contributed by atoms with Crippen LogP contribution in [0.4, 0.5) is 11.5 Å². The Morgan fingerprint density at radius 3 is 3.15 bits per heavy atom. The van der Waals surface area contributed by atoms with Crippen LogP contribution < -0.4 is 15.8 Å². The van der Waals surface area contributed by atoms with Crippen LogP contribution in [0.5, 0.6) is 5.88 Å². The maximum absolute atomic E-state index is 5.82. The van der Waals surface area contributed by atoms with Gasteiger partial charge >= 0.3 is 0 Å². The minimum Gasteiger partial charge on any atom is -0.477 e. The van der Waals surface area contributed by atoms with Gasteiger partial charge in [0.25, 0.3) is 0 Å². The summed E-state index contributed by atoms with van der Waals surface area (Å²) in [5.41, 5.74) is 9.25. The molecule has 20 heavy (non-hydrogen) atoms. The zero-order valence-corrected chi connectivity index (χ0v) is 11.5. The predicted octanol–water partition coefficient (Wildman–Crippen LogP) is 2.56. The summed E-state index contributed by atoms with van der Waals surface area (Å²) < 4.78 is 5.37. The molecule has 0 radical (unpaired) electrons. The lowest BCUT2D eigenvalue weighted by atomic mass is 10.1. The van der Waals surface area contributed by atoms with E-state index in [1.165, 1.54) is 11.1 Å². The van der Waals surface area contributed by atoms with Crippen molar-refractivity contribution in [1.82, 2.24) is 9.97 Å². The molecule has 1 unspecified atom stereocenters. The molecule has 0 fully saturated rings. The average Bonchev–Trinajstić information content (AvgIpc) is 2.82. The molecule has 1 aromatic heterocycles. The van der Waals surface area contributed by atoms with E-state index in [1.807, 2.05) is 13.0 Å². The van der Waals surface area contributed by atoms with Gasteiger partial charge in [-0.25, -0.2) is 0 Å². The number of benzene rings is 1. The van der Waals surface area contributed by atoms with Crippen molar-refractivity contribution < 1.29 is 4.74 Å². The largest absolute Gasteiger partial charge is 0.477 e. The van der Waals surface area contributed by atoms with Crippen LogP contribution in [0.1, 0.15) is 30.5 Å². The van der Waals surface area contributed by atoms with Gasteiger partial charge in [-0.2, -0.15) is 4.98 Å². The van der Waals surface area contributed by atoms with E-state index in [4.69, 9.17) is 10.5 Å². The normalized spacial score (nSPS) is 16.8. The van der Waals surface area contributed by atoms with Crippen molar-refractivity contribution in [3.63, 3.8) is 0 Å². The van der Waals surface area contributed by atoms with Gasteiger partial charge in [0.15, 0.2) is 0 Å². The Balaban J connectivity index is 1.78. The molecule has 1 aliphatic rings. The van der Waals surface area contributed by atoms with Gasteiger partial charge in [-0.15, -0.1) is 0 Å². The second kappa shape index (κ2) is 5.36. The maximum Gasteiger partial charge on any atom is 0.234 e. The van der Waals surface area contributed by atoms with Crippen molar-refractivity contribution in [2.45, 2.75) is 25.8 Å². The number of nitrogens with two attached hydrogens (primary N) is 1. The van der Waals surface area contributed by atoms with E-state index in [1.54, 1.807) is 12.4 Å². The first-order valence-electron chi connectivity index (χ1n) is 6.86. The van der Waals surface area contributed by atoms with E-state index < -0.39 is 0 Å². The zero-order chi connectivity index (χ0) is 13.9. The SMILES string of the molecule is CCOc1cncc(NC2CCc3cc(N)ccc32)n1. The number of anilines is 2. The van der Waals surface area contributed by atoms with E-state index in [-0.39, 0.29) is 6.04 Å². The highest BCUT2D eigenvalue weighted by atomic mass is 16.5. The van der Waals surface area contributed by atoms with Crippen molar-refractivity contribution in [2.24, 2.45) is 0 Å². The van der Waals surface area contributed by atoms with Gasteiger partial charge in [-0.3, -0.25) is 4.98 Å². The highest BCUT2D eigenvalue weighted by molar-refractivity contribution is 5.50.